The lowest BCUT2D eigenvalue weighted by Crippen LogP contribution is -2.51. The molecule has 8 atom stereocenters. The molecule has 4 rings (SSSR count). The minimum atomic E-state index is 0.0526. The lowest BCUT2D eigenvalue weighted by Gasteiger charge is -2.58. The summed E-state index contributed by atoms with van der Waals surface area (Å²) in [5, 5.41) is 0. The van der Waals surface area contributed by atoms with Crippen molar-refractivity contribution in [2.24, 2.45) is 46.3 Å². The zero-order chi connectivity index (χ0) is 32.3. The highest BCUT2D eigenvalue weighted by atomic mass is 16.5. The van der Waals surface area contributed by atoms with Gasteiger partial charge >= 0.3 is 5.97 Å². The van der Waals surface area contributed by atoms with E-state index < -0.39 is 0 Å². The van der Waals surface area contributed by atoms with Crippen LogP contribution in [0.4, 0.5) is 0 Å². The van der Waals surface area contributed by atoms with Crippen molar-refractivity contribution in [3.8, 4) is 0 Å². The Kier molecular flexibility index (Phi) is 14.6. The molecule has 0 spiro atoms. The third-order valence-electron chi connectivity index (χ3n) is 13.7. The van der Waals surface area contributed by atoms with E-state index in [0.717, 1.165) is 61.2 Å². The molecule has 3 fully saturated rings. The van der Waals surface area contributed by atoms with Gasteiger partial charge in [-0.2, -0.15) is 0 Å². The summed E-state index contributed by atoms with van der Waals surface area (Å²) < 4.78 is 6.11. The van der Waals surface area contributed by atoms with Crippen LogP contribution in [0.25, 0.3) is 0 Å². The average Bonchev–Trinajstić information content (AvgIpc) is 3.37. The number of hydrogen-bond donors (Lipinski definition) is 0. The number of carbonyl (C=O) groups excluding carboxylic acids is 1. The van der Waals surface area contributed by atoms with E-state index in [1.165, 1.54) is 116 Å². The Hall–Kier alpha value is -1.05. The number of rotatable bonds is 19. The van der Waals surface area contributed by atoms with Crippen LogP contribution in [0.5, 0.6) is 0 Å². The molecular formula is C43H74O2. The van der Waals surface area contributed by atoms with Gasteiger partial charge in [-0.1, -0.05) is 123 Å². The van der Waals surface area contributed by atoms with Crippen molar-refractivity contribution >= 4 is 5.97 Å². The van der Waals surface area contributed by atoms with Gasteiger partial charge in [0.1, 0.15) is 6.10 Å². The van der Waals surface area contributed by atoms with Gasteiger partial charge < -0.3 is 4.74 Å². The van der Waals surface area contributed by atoms with Crippen LogP contribution in [-0.2, 0) is 9.53 Å². The van der Waals surface area contributed by atoms with Crippen LogP contribution in [-0.4, -0.2) is 12.1 Å². The third-order valence-corrected chi connectivity index (χ3v) is 13.7. The summed E-state index contributed by atoms with van der Waals surface area (Å²) in [4.78, 5) is 12.8. The number of unbranched alkanes of at least 4 members (excludes halogenated alkanes) is 9. The van der Waals surface area contributed by atoms with E-state index in [1.807, 2.05) is 0 Å². The maximum atomic E-state index is 12.8. The predicted molar refractivity (Wildman–Crippen MR) is 193 cm³/mol. The van der Waals surface area contributed by atoms with E-state index in [0.29, 0.717) is 17.3 Å². The van der Waals surface area contributed by atoms with Gasteiger partial charge in [-0.15, -0.1) is 0 Å². The number of ether oxygens (including phenoxy) is 1. The maximum absolute atomic E-state index is 12.8. The van der Waals surface area contributed by atoms with Crippen molar-refractivity contribution in [1.29, 1.82) is 0 Å². The van der Waals surface area contributed by atoms with Crippen molar-refractivity contribution in [2.45, 2.75) is 195 Å². The van der Waals surface area contributed by atoms with Crippen molar-refractivity contribution < 1.29 is 9.53 Å². The van der Waals surface area contributed by atoms with Crippen LogP contribution >= 0.6 is 0 Å². The number of fused-ring (bicyclic) bond motifs is 5. The van der Waals surface area contributed by atoms with Crippen molar-refractivity contribution in [3.63, 3.8) is 0 Å². The van der Waals surface area contributed by atoms with E-state index in [9.17, 15) is 4.79 Å². The molecular weight excluding hydrogens is 548 g/mol. The van der Waals surface area contributed by atoms with Gasteiger partial charge in [0.15, 0.2) is 0 Å². The lowest BCUT2D eigenvalue weighted by molar-refractivity contribution is -0.151. The topological polar surface area (TPSA) is 26.3 Å². The Bertz CT molecular complexity index is 945. The fourth-order valence-electron chi connectivity index (χ4n) is 11.0. The summed E-state index contributed by atoms with van der Waals surface area (Å²) in [6.45, 7) is 14.9. The summed E-state index contributed by atoms with van der Waals surface area (Å²) in [5.41, 5.74) is 2.53. The summed E-state index contributed by atoms with van der Waals surface area (Å²) >= 11 is 0. The zero-order valence-corrected chi connectivity index (χ0v) is 30.9. The minimum Gasteiger partial charge on any atom is -0.462 e. The molecule has 4 aliphatic rings. The van der Waals surface area contributed by atoms with E-state index in [4.69, 9.17) is 4.74 Å². The molecule has 0 radical (unpaired) electrons. The van der Waals surface area contributed by atoms with Crippen molar-refractivity contribution in [3.05, 3.63) is 23.8 Å². The molecule has 0 amide bonds. The van der Waals surface area contributed by atoms with Gasteiger partial charge in [0.05, 0.1) is 0 Å². The smallest absolute Gasteiger partial charge is 0.306 e. The van der Waals surface area contributed by atoms with E-state index in [-0.39, 0.29) is 12.1 Å². The van der Waals surface area contributed by atoms with Crippen molar-refractivity contribution in [1.82, 2.24) is 0 Å². The van der Waals surface area contributed by atoms with Crippen LogP contribution in [0, 0.1) is 46.3 Å². The Labute approximate surface area is 280 Å². The molecule has 0 bridgehead atoms. The van der Waals surface area contributed by atoms with Crippen LogP contribution in [0.1, 0.15) is 189 Å². The van der Waals surface area contributed by atoms with Gasteiger partial charge in [0.25, 0.3) is 0 Å². The zero-order valence-electron chi connectivity index (χ0n) is 30.9. The van der Waals surface area contributed by atoms with Crippen molar-refractivity contribution in [2.75, 3.05) is 0 Å². The number of carbonyl (C=O) groups is 1. The highest BCUT2D eigenvalue weighted by molar-refractivity contribution is 5.69. The summed E-state index contributed by atoms with van der Waals surface area (Å²) in [7, 11) is 0. The molecule has 45 heavy (non-hydrogen) atoms. The molecule has 0 aromatic heterocycles. The quantitative estimate of drug-likeness (QED) is 0.0814. The second kappa shape index (κ2) is 17.9. The highest BCUT2D eigenvalue weighted by Gasteiger charge is 2.59. The molecule has 0 aromatic carbocycles. The predicted octanol–water partition coefficient (Wildman–Crippen LogP) is 13.2. The van der Waals surface area contributed by atoms with Crippen LogP contribution in [0.2, 0.25) is 0 Å². The maximum Gasteiger partial charge on any atom is 0.306 e. The first kappa shape index (κ1) is 36.8. The van der Waals surface area contributed by atoms with Crippen LogP contribution < -0.4 is 0 Å². The SMILES string of the molecule is CCCCCC/C=C\CCCCCCCC(=O)OC1CCC2(C)C(=CCC3C2CCC2(C)C(C(C)CCCC(C)C)CCC32)C1. The van der Waals surface area contributed by atoms with Gasteiger partial charge in [0, 0.05) is 12.8 Å². The first-order chi connectivity index (χ1) is 21.7. The fourth-order valence-corrected chi connectivity index (χ4v) is 11.0. The van der Waals surface area contributed by atoms with Gasteiger partial charge in [-0.05, 0) is 123 Å². The first-order valence-electron chi connectivity index (χ1n) is 20.2. The number of allylic oxidation sites excluding steroid dienone is 3. The Balaban J connectivity index is 1.16. The van der Waals surface area contributed by atoms with Crippen LogP contribution in [0.3, 0.4) is 0 Å². The minimum absolute atomic E-state index is 0.0526. The van der Waals surface area contributed by atoms with Gasteiger partial charge in [-0.25, -0.2) is 0 Å². The molecule has 0 aromatic rings. The molecule has 4 aliphatic carbocycles. The first-order valence-corrected chi connectivity index (χ1v) is 20.2. The second-order valence-electron chi connectivity index (χ2n) is 17.3. The molecule has 8 unspecified atom stereocenters. The Morgan fingerprint density at radius 1 is 0.844 bits per heavy atom. The van der Waals surface area contributed by atoms with Gasteiger partial charge in [0.2, 0.25) is 0 Å². The summed E-state index contributed by atoms with van der Waals surface area (Å²) in [6, 6.07) is 0. The second-order valence-corrected chi connectivity index (χ2v) is 17.3. The monoisotopic (exact) mass is 623 g/mol. The largest absolute Gasteiger partial charge is 0.462 e. The molecule has 258 valence electrons. The molecule has 0 aliphatic heterocycles. The summed E-state index contributed by atoms with van der Waals surface area (Å²) in [5.74, 6) is 5.32. The molecule has 2 heteroatoms. The normalized spacial score (nSPS) is 33.5. The fraction of sp³-hybridized carbons (Fsp3) is 0.884. The molecule has 0 saturated heterocycles. The van der Waals surface area contributed by atoms with Gasteiger partial charge in [-0.3, -0.25) is 4.79 Å². The van der Waals surface area contributed by atoms with E-state index in [1.54, 1.807) is 5.57 Å². The van der Waals surface area contributed by atoms with E-state index >= 15 is 0 Å². The Morgan fingerprint density at radius 3 is 2.29 bits per heavy atom. The van der Waals surface area contributed by atoms with Crippen LogP contribution in [0.15, 0.2) is 23.8 Å². The third kappa shape index (κ3) is 9.75. The lowest BCUT2D eigenvalue weighted by atomic mass is 9.47. The highest BCUT2D eigenvalue weighted by Crippen LogP contribution is 2.67. The molecule has 0 heterocycles. The molecule has 3 saturated carbocycles. The summed E-state index contributed by atoms with van der Waals surface area (Å²) in [6.07, 6.45) is 36.5. The Morgan fingerprint density at radius 2 is 1.56 bits per heavy atom. The standard InChI is InChI=1S/C43H74O2/c1-7-8-9-10-11-12-13-14-15-16-17-18-19-23-41(44)45-36-28-30-42(5)35(32-36)24-25-37-39-27-26-38(34(4)22-20-21-33(2)3)43(39,6)31-29-40(37)42/h12-13,24,33-34,36-40H,7-11,14-23,25-32H2,1-6H3/b13-12-. The number of hydrogen-bond acceptors (Lipinski definition) is 2. The van der Waals surface area contributed by atoms with E-state index in [2.05, 4.69) is 59.8 Å². The average molecular weight is 623 g/mol. The molecule has 2 nitrogen and oxygen atoms in total. The number of esters is 1. The molecule has 0 N–H and O–H groups in total.